The van der Waals surface area contributed by atoms with E-state index in [1.54, 1.807) is 25.3 Å². The summed E-state index contributed by atoms with van der Waals surface area (Å²) in [5, 5.41) is 12.6. The molecule has 148 valence electrons. The molecule has 0 aliphatic carbocycles. The summed E-state index contributed by atoms with van der Waals surface area (Å²) in [5.74, 6) is 0.458. The zero-order valence-corrected chi connectivity index (χ0v) is 16.6. The van der Waals surface area contributed by atoms with Crippen LogP contribution in [0.15, 0.2) is 51.7 Å². The maximum absolute atomic E-state index is 12.4. The summed E-state index contributed by atoms with van der Waals surface area (Å²) >= 11 is 0. The van der Waals surface area contributed by atoms with Crippen molar-refractivity contribution in [3.8, 4) is 11.8 Å². The van der Waals surface area contributed by atoms with E-state index in [1.807, 2.05) is 38.1 Å². The van der Waals surface area contributed by atoms with Crippen LogP contribution in [0.1, 0.15) is 41.6 Å². The minimum atomic E-state index is -0.434. The summed E-state index contributed by atoms with van der Waals surface area (Å²) in [6.07, 6.45) is 0.468. The maximum atomic E-state index is 12.4. The molecule has 1 aromatic heterocycles. The Morgan fingerprint density at radius 1 is 1.24 bits per heavy atom. The van der Waals surface area contributed by atoms with E-state index >= 15 is 0 Å². The third-order valence-electron chi connectivity index (χ3n) is 5.01. The van der Waals surface area contributed by atoms with Crippen LogP contribution in [-0.2, 0) is 11.2 Å². The third-order valence-corrected chi connectivity index (χ3v) is 5.01. The Bertz CT molecular complexity index is 1140. The van der Waals surface area contributed by atoms with Gasteiger partial charge < -0.3 is 14.5 Å². The highest BCUT2D eigenvalue weighted by Gasteiger charge is 2.15. The Kier molecular flexibility index (Phi) is 5.99. The number of methoxy groups -OCH3 is 1. The van der Waals surface area contributed by atoms with E-state index in [1.165, 1.54) is 0 Å². The summed E-state index contributed by atoms with van der Waals surface area (Å²) in [4.78, 5) is 24.8. The Hall–Kier alpha value is -3.59. The van der Waals surface area contributed by atoms with E-state index in [0.717, 1.165) is 16.5 Å². The number of amides is 1. The van der Waals surface area contributed by atoms with Crippen molar-refractivity contribution in [1.29, 1.82) is 5.26 Å². The summed E-state index contributed by atoms with van der Waals surface area (Å²) in [7, 11) is 1.55. The molecule has 2 aromatic carbocycles. The number of nitrogens with zero attached hydrogens (tertiary/aromatic N) is 1. The van der Waals surface area contributed by atoms with Gasteiger partial charge in [0.1, 0.15) is 11.3 Å². The van der Waals surface area contributed by atoms with Gasteiger partial charge in [-0.1, -0.05) is 12.1 Å². The summed E-state index contributed by atoms with van der Waals surface area (Å²) in [6, 6.07) is 14.3. The van der Waals surface area contributed by atoms with E-state index in [2.05, 4.69) is 11.4 Å². The molecule has 1 unspecified atom stereocenters. The van der Waals surface area contributed by atoms with Crippen molar-refractivity contribution in [2.45, 2.75) is 32.7 Å². The lowest BCUT2D eigenvalue weighted by atomic mass is 10.0. The second-order valence-electron chi connectivity index (χ2n) is 6.88. The predicted molar refractivity (Wildman–Crippen MR) is 110 cm³/mol. The fourth-order valence-corrected chi connectivity index (χ4v) is 3.27. The van der Waals surface area contributed by atoms with Gasteiger partial charge in [-0.05, 0) is 55.7 Å². The van der Waals surface area contributed by atoms with Gasteiger partial charge in [0.25, 0.3) is 0 Å². The molecule has 1 atom stereocenters. The average Bonchev–Trinajstić information content (AvgIpc) is 2.73. The molecular formula is C23H22N2O4. The van der Waals surface area contributed by atoms with Gasteiger partial charge in [-0.15, -0.1) is 0 Å². The highest BCUT2D eigenvalue weighted by atomic mass is 16.5. The lowest BCUT2D eigenvalue weighted by Crippen LogP contribution is -2.27. The van der Waals surface area contributed by atoms with Gasteiger partial charge in [0.05, 0.1) is 24.8 Å². The molecule has 3 rings (SSSR count). The standard InChI is InChI=1S/C23H22N2O4/c1-14-19-9-8-18(28-3)12-21(19)29-23(27)20(14)10-11-22(26)25-15(2)17-6-4-16(13-24)5-7-17/h4-9,12,15H,10-11H2,1-3H3,(H,25,26). The van der Waals surface area contributed by atoms with Crippen molar-refractivity contribution in [3.63, 3.8) is 0 Å². The molecule has 0 spiro atoms. The molecule has 29 heavy (non-hydrogen) atoms. The van der Waals surface area contributed by atoms with Crippen molar-refractivity contribution < 1.29 is 13.9 Å². The fraction of sp³-hybridized carbons (Fsp3) is 0.261. The summed E-state index contributed by atoms with van der Waals surface area (Å²) in [5.41, 5.74) is 2.83. The smallest absolute Gasteiger partial charge is 0.339 e. The number of fused-ring (bicyclic) bond motifs is 1. The predicted octanol–water partition coefficient (Wildman–Crippen LogP) is 3.79. The topological polar surface area (TPSA) is 92.3 Å². The van der Waals surface area contributed by atoms with E-state index in [-0.39, 0.29) is 18.4 Å². The Morgan fingerprint density at radius 3 is 2.62 bits per heavy atom. The SMILES string of the molecule is COc1ccc2c(C)c(CCC(=O)NC(C)c3ccc(C#N)cc3)c(=O)oc2c1. The normalized spacial score (nSPS) is 11.7. The highest BCUT2D eigenvalue weighted by molar-refractivity contribution is 5.82. The van der Waals surface area contributed by atoms with E-state index < -0.39 is 5.63 Å². The average molecular weight is 390 g/mol. The molecule has 0 bridgehead atoms. The first kappa shape index (κ1) is 20.2. The van der Waals surface area contributed by atoms with Gasteiger partial charge in [-0.25, -0.2) is 4.79 Å². The molecule has 0 aliphatic rings. The molecule has 6 nitrogen and oxygen atoms in total. The summed E-state index contributed by atoms with van der Waals surface area (Å²) in [6.45, 7) is 3.74. The molecule has 3 aromatic rings. The van der Waals surface area contributed by atoms with Crippen LogP contribution in [0, 0.1) is 18.3 Å². The summed E-state index contributed by atoms with van der Waals surface area (Å²) < 4.78 is 10.6. The van der Waals surface area contributed by atoms with Crippen LogP contribution >= 0.6 is 0 Å². The third kappa shape index (κ3) is 4.46. The number of benzene rings is 2. The van der Waals surface area contributed by atoms with Gasteiger partial charge in [0.2, 0.25) is 5.91 Å². The molecular weight excluding hydrogens is 368 g/mol. The molecule has 0 saturated heterocycles. The zero-order chi connectivity index (χ0) is 21.0. The highest BCUT2D eigenvalue weighted by Crippen LogP contribution is 2.24. The molecule has 0 saturated carbocycles. The number of aryl methyl sites for hydroxylation is 1. The molecule has 0 fully saturated rings. The van der Waals surface area contributed by atoms with Gasteiger partial charge in [0.15, 0.2) is 0 Å². The van der Waals surface area contributed by atoms with E-state index in [4.69, 9.17) is 14.4 Å². The first-order valence-electron chi connectivity index (χ1n) is 9.32. The monoisotopic (exact) mass is 390 g/mol. The van der Waals surface area contributed by atoms with Crippen LogP contribution < -0.4 is 15.7 Å². The minimum Gasteiger partial charge on any atom is -0.497 e. The molecule has 1 heterocycles. The first-order chi connectivity index (χ1) is 13.9. The van der Waals surface area contributed by atoms with Crippen LogP contribution in [0.2, 0.25) is 0 Å². The van der Waals surface area contributed by atoms with Crippen molar-refractivity contribution in [2.75, 3.05) is 7.11 Å². The van der Waals surface area contributed by atoms with Crippen LogP contribution in [0.25, 0.3) is 11.0 Å². The number of nitrogens with one attached hydrogen (secondary N) is 1. The van der Waals surface area contributed by atoms with Gasteiger partial charge in [-0.2, -0.15) is 5.26 Å². The van der Waals surface area contributed by atoms with Crippen molar-refractivity contribution in [2.24, 2.45) is 0 Å². The number of nitriles is 1. The second kappa shape index (κ2) is 8.61. The first-order valence-corrected chi connectivity index (χ1v) is 9.32. The van der Waals surface area contributed by atoms with Crippen LogP contribution in [0.4, 0.5) is 0 Å². The molecule has 0 radical (unpaired) electrons. The van der Waals surface area contributed by atoms with Crippen LogP contribution in [0.5, 0.6) is 5.75 Å². The maximum Gasteiger partial charge on any atom is 0.339 e. The van der Waals surface area contributed by atoms with Crippen molar-refractivity contribution in [1.82, 2.24) is 5.32 Å². The van der Waals surface area contributed by atoms with Crippen molar-refractivity contribution >= 4 is 16.9 Å². The van der Waals surface area contributed by atoms with Gasteiger partial charge >= 0.3 is 5.63 Å². The second-order valence-corrected chi connectivity index (χ2v) is 6.88. The Labute approximate surface area is 168 Å². The van der Waals surface area contributed by atoms with Crippen LogP contribution in [-0.4, -0.2) is 13.0 Å². The van der Waals surface area contributed by atoms with Crippen molar-refractivity contribution in [3.05, 3.63) is 75.1 Å². The Balaban J connectivity index is 1.70. The number of carbonyl (C=O) groups excluding carboxylic acids is 1. The van der Waals surface area contributed by atoms with E-state index in [9.17, 15) is 9.59 Å². The fourth-order valence-electron chi connectivity index (χ4n) is 3.27. The Morgan fingerprint density at radius 2 is 1.97 bits per heavy atom. The van der Waals surface area contributed by atoms with Gasteiger partial charge in [0, 0.05) is 23.4 Å². The minimum absolute atomic E-state index is 0.157. The number of carbonyl (C=O) groups is 1. The van der Waals surface area contributed by atoms with Gasteiger partial charge in [-0.3, -0.25) is 4.79 Å². The van der Waals surface area contributed by atoms with Crippen LogP contribution in [0.3, 0.4) is 0 Å². The number of hydrogen-bond donors (Lipinski definition) is 1. The lowest BCUT2D eigenvalue weighted by molar-refractivity contribution is -0.121. The molecule has 0 aliphatic heterocycles. The number of ether oxygens (including phenoxy) is 1. The zero-order valence-electron chi connectivity index (χ0n) is 16.6. The molecule has 6 heteroatoms. The largest absolute Gasteiger partial charge is 0.497 e. The number of hydrogen-bond acceptors (Lipinski definition) is 5. The molecule has 1 amide bonds. The number of rotatable bonds is 6. The molecule has 1 N–H and O–H groups in total. The van der Waals surface area contributed by atoms with E-state index in [0.29, 0.717) is 28.9 Å². The quantitative estimate of drug-likeness (QED) is 0.647. The lowest BCUT2D eigenvalue weighted by Gasteiger charge is -2.15.